The number of nitrogens with one attached hydrogen (secondary N) is 1. The van der Waals surface area contributed by atoms with Crippen LogP contribution in [0.3, 0.4) is 0 Å². The molecule has 3 N–H and O–H groups in total. The van der Waals surface area contributed by atoms with Gasteiger partial charge in [0.25, 0.3) is 5.91 Å². The van der Waals surface area contributed by atoms with Crippen LogP contribution in [0.25, 0.3) is 0 Å². The predicted octanol–water partition coefficient (Wildman–Crippen LogP) is 1.70. The van der Waals surface area contributed by atoms with E-state index in [2.05, 4.69) is 21.7 Å². The number of amides is 1. The van der Waals surface area contributed by atoms with E-state index in [0.29, 0.717) is 12.1 Å². The largest absolute Gasteiger partial charge is 0.383 e. The lowest BCUT2D eigenvalue weighted by atomic mass is 10.2. The average Bonchev–Trinajstić information content (AvgIpc) is 2.82. The van der Waals surface area contributed by atoms with E-state index in [9.17, 15) is 4.79 Å². The second-order valence-corrected chi connectivity index (χ2v) is 4.35. The van der Waals surface area contributed by atoms with Gasteiger partial charge >= 0.3 is 0 Å². The number of hydrogen-bond donors (Lipinski definition) is 2. The van der Waals surface area contributed by atoms with Crippen LogP contribution in [0.5, 0.6) is 0 Å². The van der Waals surface area contributed by atoms with Gasteiger partial charge < -0.3 is 11.1 Å². The lowest BCUT2D eigenvalue weighted by molar-refractivity contribution is 0.0955. The van der Waals surface area contributed by atoms with E-state index in [0.717, 1.165) is 6.42 Å². The molecule has 2 aromatic heterocycles. The van der Waals surface area contributed by atoms with Gasteiger partial charge in [0.05, 0.1) is 5.56 Å². The monoisotopic (exact) mass is 247 g/mol. The van der Waals surface area contributed by atoms with Crippen molar-refractivity contribution in [3.8, 4) is 0 Å². The van der Waals surface area contributed by atoms with E-state index >= 15 is 0 Å². The molecule has 1 amide bonds. The average molecular weight is 247 g/mol. The van der Waals surface area contributed by atoms with E-state index < -0.39 is 0 Å². The lowest BCUT2D eigenvalue weighted by Crippen LogP contribution is -2.26. The summed E-state index contributed by atoms with van der Waals surface area (Å²) in [5.74, 6) is 0.0892. The normalized spacial score (nSPS) is 10.1. The number of rotatable bonds is 4. The summed E-state index contributed by atoms with van der Waals surface area (Å²) in [4.78, 5) is 15.6. The molecule has 2 rings (SSSR count). The number of aromatic nitrogens is 1. The van der Waals surface area contributed by atoms with Crippen molar-refractivity contribution in [2.75, 3.05) is 12.3 Å². The van der Waals surface area contributed by atoms with Gasteiger partial charge in [0.1, 0.15) is 5.82 Å². The summed E-state index contributed by atoms with van der Waals surface area (Å²) in [7, 11) is 0. The zero-order valence-electron chi connectivity index (χ0n) is 9.22. The van der Waals surface area contributed by atoms with Crippen molar-refractivity contribution in [2.45, 2.75) is 6.42 Å². The number of nitrogens with two attached hydrogens (primary N) is 1. The molecule has 5 heteroatoms. The molecular weight excluding hydrogens is 234 g/mol. The van der Waals surface area contributed by atoms with Crippen LogP contribution in [0.4, 0.5) is 5.82 Å². The van der Waals surface area contributed by atoms with Crippen molar-refractivity contribution < 1.29 is 4.79 Å². The van der Waals surface area contributed by atoms with Crippen molar-refractivity contribution in [1.82, 2.24) is 10.3 Å². The minimum absolute atomic E-state index is 0.175. The van der Waals surface area contributed by atoms with Gasteiger partial charge in [-0.2, -0.15) is 11.3 Å². The van der Waals surface area contributed by atoms with Crippen LogP contribution >= 0.6 is 11.3 Å². The van der Waals surface area contributed by atoms with E-state index in [1.165, 1.54) is 5.56 Å². The minimum atomic E-state index is -0.175. The summed E-state index contributed by atoms with van der Waals surface area (Å²) in [6.07, 6.45) is 2.40. The molecule has 0 spiro atoms. The maximum atomic E-state index is 11.8. The van der Waals surface area contributed by atoms with E-state index in [1.807, 2.05) is 5.38 Å². The molecule has 0 saturated carbocycles. The standard InChI is InChI=1S/C12H13N3OS/c13-11-10(2-1-5-14-11)12(16)15-6-3-9-4-7-17-8-9/h1-2,4-5,7-8H,3,6H2,(H2,13,14)(H,15,16). The van der Waals surface area contributed by atoms with Gasteiger partial charge in [-0.3, -0.25) is 4.79 Å². The number of pyridine rings is 1. The van der Waals surface area contributed by atoms with Crippen LogP contribution < -0.4 is 11.1 Å². The van der Waals surface area contributed by atoms with Gasteiger partial charge in [-0.15, -0.1) is 0 Å². The van der Waals surface area contributed by atoms with Gasteiger partial charge in [0.15, 0.2) is 0 Å². The van der Waals surface area contributed by atoms with Gasteiger partial charge in [-0.25, -0.2) is 4.98 Å². The Balaban J connectivity index is 1.88. The Morgan fingerprint density at radius 2 is 2.35 bits per heavy atom. The third-order valence-electron chi connectivity index (χ3n) is 2.36. The molecule has 0 aliphatic carbocycles. The van der Waals surface area contributed by atoms with Crippen LogP contribution in [0, 0.1) is 0 Å². The molecule has 88 valence electrons. The fourth-order valence-electron chi connectivity index (χ4n) is 1.46. The third kappa shape index (κ3) is 3.04. The number of hydrogen-bond acceptors (Lipinski definition) is 4. The van der Waals surface area contributed by atoms with Crippen molar-refractivity contribution in [3.63, 3.8) is 0 Å². The maximum Gasteiger partial charge on any atom is 0.255 e. The molecule has 2 aromatic rings. The molecule has 4 nitrogen and oxygen atoms in total. The SMILES string of the molecule is Nc1ncccc1C(=O)NCCc1ccsc1. The summed E-state index contributed by atoms with van der Waals surface area (Å²) >= 11 is 1.65. The van der Waals surface area contributed by atoms with Crippen LogP contribution in [-0.2, 0) is 6.42 Å². The van der Waals surface area contributed by atoms with Crippen LogP contribution in [0.15, 0.2) is 35.2 Å². The van der Waals surface area contributed by atoms with Crippen LogP contribution in [0.2, 0.25) is 0 Å². The van der Waals surface area contributed by atoms with Crippen molar-refractivity contribution >= 4 is 23.1 Å². The number of thiophene rings is 1. The second-order valence-electron chi connectivity index (χ2n) is 3.57. The van der Waals surface area contributed by atoms with E-state index in [4.69, 9.17) is 5.73 Å². The van der Waals surface area contributed by atoms with Crippen molar-refractivity contribution in [3.05, 3.63) is 46.3 Å². The summed E-state index contributed by atoms with van der Waals surface area (Å²) in [5.41, 5.74) is 7.28. The summed E-state index contributed by atoms with van der Waals surface area (Å²) in [5, 5.41) is 6.92. The molecular formula is C12H13N3OS. The van der Waals surface area contributed by atoms with Gasteiger partial charge in [0.2, 0.25) is 0 Å². The maximum absolute atomic E-state index is 11.8. The van der Waals surface area contributed by atoms with Gasteiger partial charge in [-0.1, -0.05) is 0 Å². The molecule has 0 radical (unpaired) electrons. The van der Waals surface area contributed by atoms with Crippen molar-refractivity contribution in [2.24, 2.45) is 0 Å². The zero-order valence-corrected chi connectivity index (χ0v) is 10.0. The Morgan fingerprint density at radius 1 is 1.47 bits per heavy atom. The van der Waals surface area contributed by atoms with E-state index in [-0.39, 0.29) is 11.7 Å². The van der Waals surface area contributed by atoms with Gasteiger partial charge in [0, 0.05) is 12.7 Å². The topological polar surface area (TPSA) is 68.0 Å². The Morgan fingerprint density at radius 3 is 3.06 bits per heavy atom. The Kier molecular flexibility index (Phi) is 3.72. The first-order valence-electron chi connectivity index (χ1n) is 5.27. The smallest absolute Gasteiger partial charge is 0.255 e. The summed E-state index contributed by atoms with van der Waals surface area (Å²) in [6, 6.07) is 5.42. The molecule has 0 fully saturated rings. The van der Waals surface area contributed by atoms with Crippen molar-refractivity contribution in [1.29, 1.82) is 0 Å². The third-order valence-corrected chi connectivity index (χ3v) is 3.09. The molecule has 17 heavy (non-hydrogen) atoms. The highest BCUT2D eigenvalue weighted by Gasteiger charge is 2.08. The lowest BCUT2D eigenvalue weighted by Gasteiger charge is -2.05. The van der Waals surface area contributed by atoms with Crippen LogP contribution in [-0.4, -0.2) is 17.4 Å². The molecule has 0 unspecified atom stereocenters. The summed E-state index contributed by atoms with van der Waals surface area (Å²) < 4.78 is 0. The molecule has 2 heterocycles. The number of anilines is 1. The predicted molar refractivity (Wildman–Crippen MR) is 69.0 cm³/mol. The first-order valence-corrected chi connectivity index (χ1v) is 6.21. The summed E-state index contributed by atoms with van der Waals surface area (Å²) in [6.45, 7) is 0.601. The number of carbonyl (C=O) groups excluding carboxylic acids is 1. The Bertz CT molecular complexity index is 496. The minimum Gasteiger partial charge on any atom is -0.383 e. The highest BCUT2D eigenvalue weighted by Crippen LogP contribution is 2.07. The molecule has 0 aromatic carbocycles. The molecule has 0 bridgehead atoms. The quantitative estimate of drug-likeness (QED) is 0.864. The number of nitrogens with zero attached hydrogens (tertiary/aromatic N) is 1. The number of nitrogen functional groups attached to an aromatic ring is 1. The fraction of sp³-hybridized carbons (Fsp3) is 0.167. The first kappa shape index (κ1) is 11.6. The highest BCUT2D eigenvalue weighted by atomic mass is 32.1. The van der Waals surface area contributed by atoms with E-state index in [1.54, 1.807) is 29.7 Å². The molecule has 0 atom stereocenters. The highest BCUT2D eigenvalue weighted by molar-refractivity contribution is 7.07. The first-order chi connectivity index (χ1) is 8.27. The Labute approximate surface area is 103 Å². The molecule has 0 aliphatic rings. The Hall–Kier alpha value is -1.88. The molecule has 0 saturated heterocycles. The van der Waals surface area contributed by atoms with Crippen LogP contribution in [0.1, 0.15) is 15.9 Å². The number of carbonyl (C=O) groups is 1. The second kappa shape index (κ2) is 5.45. The molecule has 0 aliphatic heterocycles. The zero-order chi connectivity index (χ0) is 12.1. The fourth-order valence-corrected chi connectivity index (χ4v) is 2.16. The van der Waals surface area contributed by atoms with Gasteiger partial charge in [-0.05, 0) is 40.9 Å².